The van der Waals surface area contributed by atoms with Crippen LogP contribution < -0.4 is 10.6 Å². The topological polar surface area (TPSA) is 44.4 Å². The lowest BCUT2D eigenvalue weighted by molar-refractivity contribution is -0.115. The lowest BCUT2D eigenvalue weighted by Gasteiger charge is -2.11. The summed E-state index contributed by atoms with van der Waals surface area (Å²) in [6.45, 7) is 6.14. The van der Waals surface area contributed by atoms with Crippen LogP contribution in [0.5, 0.6) is 0 Å². The number of nitrogens with one attached hydrogen (secondary N) is 2. The van der Waals surface area contributed by atoms with Crippen molar-refractivity contribution in [2.24, 2.45) is 0 Å². The Labute approximate surface area is 109 Å². The van der Waals surface area contributed by atoms with Gasteiger partial charge in [-0.05, 0) is 51.2 Å². The molecular formula is C14H23N3O. The van der Waals surface area contributed by atoms with Gasteiger partial charge in [0.15, 0.2) is 0 Å². The summed E-state index contributed by atoms with van der Waals surface area (Å²) < 4.78 is 0. The molecule has 4 nitrogen and oxygen atoms in total. The Bertz CT molecular complexity index is 382. The van der Waals surface area contributed by atoms with E-state index < -0.39 is 0 Å². The molecular weight excluding hydrogens is 226 g/mol. The van der Waals surface area contributed by atoms with Gasteiger partial charge in [0.1, 0.15) is 0 Å². The lowest BCUT2D eigenvalue weighted by atomic mass is 10.1. The first-order valence-corrected chi connectivity index (χ1v) is 6.21. The van der Waals surface area contributed by atoms with E-state index in [0.717, 1.165) is 29.9 Å². The van der Waals surface area contributed by atoms with Crippen molar-refractivity contribution in [1.29, 1.82) is 0 Å². The number of carbonyl (C=O) groups is 1. The van der Waals surface area contributed by atoms with Crippen LogP contribution in [0.3, 0.4) is 0 Å². The summed E-state index contributed by atoms with van der Waals surface area (Å²) in [5, 5.41) is 6.01. The van der Waals surface area contributed by atoms with Crippen molar-refractivity contribution >= 4 is 11.6 Å². The summed E-state index contributed by atoms with van der Waals surface area (Å²) >= 11 is 0. The monoisotopic (exact) mass is 249 g/mol. The van der Waals surface area contributed by atoms with Gasteiger partial charge in [-0.25, -0.2) is 0 Å². The highest BCUT2D eigenvalue weighted by molar-refractivity contribution is 5.92. The predicted octanol–water partition coefficient (Wildman–Crippen LogP) is 1.39. The third-order valence-corrected chi connectivity index (χ3v) is 2.53. The molecule has 100 valence electrons. The number of hydrogen-bond donors (Lipinski definition) is 2. The van der Waals surface area contributed by atoms with Gasteiger partial charge in [0, 0.05) is 18.8 Å². The van der Waals surface area contributed by atoms with E-state index in [9.17, 15) is 4.79 Å². The maximum atomic E-state index is 11.7. The van der Waals surface area contributed by atoms with Crippen LogP contribution in [0, 0.1) is 13.8 Å². The van der Waals surface area contributed by atoms with Gasteiger partial charge in [0.05, 0.1) is 6.54 Å². The minimum Gasteiger partial charge on any atom is -0.325 e. The van der Waals surface area contributed by atoms with E-state index in [1.54, 1.807) is 0 Å². The molecule has 0 heterocycles. The van der Waals surface area contributed by atoms with E-state index in [2.05, 4.69) is 21.6 Å². The molecule has 0 atom stereocenters. The average Bonchev–Trinajstić information content (AvgIpc) is 2.22. The van der Waals surface area contributed by atoms with Crippen LogP contribution >= 0.6 is 0 Å². The average molecular weight is 249 g/mol. The van der Waals surface area contributed by atoms with Gasteiger partial charge < -0.3 is 15.5 Å². The van der Waals surface area contributed by atoms with Crippen molar-refractivity contribution < 1.29 is 4.79 Å². The molecule has 0 aliphatic rings. The highest BCUT2D eigenvalue weighted by atomic mass is 16.1. The normalized spacial score (nSPS) is 10.7. The maximum absolute atomic E-state index is 11.7. The first kappa shape index (κ1) is 14.7. The third kappa shape index (κ3) is 5.80. The minimum atomic E-state index is -0.00115. The fraction of sp³-hybridized carbons (Fsp3) is 0.500. The number of rotatable bonds is 6. The Hall–Kier alpha value is -1.39. The summed E-state index contributed by atoms with van der Waals surface area (Å²) in [4.78, 5) is 13.8. The maximum Gasteiger partial charge on any atom is 0.238 e. The van der Waals surface area contributed by atoms with Crippen LogP contribution in [0.1, 0.15) is 11.1 Å². The minimum absolute atomic E-state index is 0.00115. The molecule has 18 heavy (non-hydrogen) atoms. The van der Waals surface area contributed by atoms with Crippen LogP contribution in [-0.2, 0) is 4.79 Å². The fourth-order valence-electron chi connectivity index (χ4n) is 1.76. The number of aryl methyl sites for hydroxylation is 2. The van der Waals surface area contributed by atoms with Gasteiger partial charge in [-0.15, -0.1) is 0 Å². The first-order chi connectivity index (χ1) is 8.47. The number of carbonyl (C=O) groups excluding carboxylic acids is 1. The number of nitrogens with zero attached hydrogens (tertiary/aromatic N) is 1. The van der Waals surface area contributed by atoms with Gasteiger partial charge in [0.25, 0.3) is 0 Å². The van der Waals surface area contributed by atoms with E-state index in [1.807, 2.05) is 40.1 Å². The molecule has 0 spiro atoms. The van der Waals surface area contributed by atoms with E-state index in [4.69, 9.17) is 0 Å². The molecule has 0 saturated heterocycles. The largest absolute Gasteiger partial charge is 0.325 e. The fourth-order valence-corrected chi connectivity index (χ4v) is 1.76. The van der Waals surface area contributed by atoms with Crippen molar-refractivity contribution in [3.63, 3.8) is 0 Å². The molecule has 0 saturated carbocycles. The number of anilines is 1. The van der Waals surface area contributed by atoms with E-state index in [0.29, 0.717) is 6.54 Å². The highest BCUT2D eigenvalue weighted by Gasteiger charge is 2.02. The van der Waals surface area contributed by atoms with E-state index in [-0.39, 0.29) is 5.91 Å². The van der Waals surface area contributed by atoms with Crippen molar-refractivity contribution in [2.45, 2.75) is 13.8 Å². The second-order valence-electron chi connectivity index (χ2n) is 4.90. The molecule has 1 aromatic carbocycles. The smallest absolute Gasteiger partial charge is 0.238 e. The summed E-state index contributed by atoms with van der Waals surface area (Å²) in [6.07, 6.45) is 0. The second-order valence-corrected chi connectivity index (χ2v) is 4.90. The standard InChI is InChI=1S/C14H23N3O/c1-11-7-12(2)9-13(8-11)16-14(18)10-15-5-6-17(3)4/h7-9,15H,5-6,10H2,1-4H3,(H,16,18). The van der Waals surface area contributed by atoms with Crippen molar-refractivity contribution in [1.82, 2.24) is 10.2 Å². The molecule has 0 unspecified atom stereocenters. The zero-order chi connectivity index (χ0) is 13.5. The third-order valence-electron chi connectivity index (χ3n) is 2.53. The van der Waals surface area contributed by atoms with Crippen LogP contribution in [0.15, 0.2) is 18.2 Å². The second kappa shape index (κ2) is 7.13. The van der Waals surface area contributed by atoms with Gasteiger partial charge in [-0.1, -0.05) is 6.07 Å². The Morgan fingerprint density at radius 3 is 2.33 bits per heavy atom. The van der Waals surface area contributed by atoms with Crippen molar-refractivity contribution in [3.05, 3.63) is 29.3 Å². The molecule has 0 aliphatic heterocycles. The van der Waals surface area contributed by atoms with Crippen LogP contribution in [0.25, 0.3) is 0 Å². The van der Waals surface area contributed by atoms with E-state index >= 15 is 0 Å². The van der Waals surface area contributed by atoms with Gasteiger partial charge in [0.2, 0.25) is 5.91 Å². The molecule has 0 bridgehead atoms. The molecule has 1 aromatic rings. The molecule has 0 radical (unpaired) electrons. The quantitative estimate of drug-likeness (QED) is 0.749. The molecule has 4 heteroatoms. The van der Waals surface area contributed by atoms with Gasteiger partial charge >= 0.3 is 0 Å². The van der Waals surface area contributed by atoms with Gasteiger partial charge in [-0.2, -0.15) is 0 Å². The van der Waals surface area contributed by atoms with Crippen LogP contribution in [0.2, 0.25) is 0 Å². The van der Waals surface area contributed by atoms with E-state index in [1.165, 1.54) is 0 Å². The number of amides is 1. The Balaban J connectivity index is 2.35. The molecule has 1 amide bonds. The van der Waals surface area contributed by atoms with Crippen LogP contribution in [-0.4, -0.2) is 44.5 Å². The summed E-state index contributed by atoms with van der Waals surface area (Å²) in [7, 11) is 4.02. The number of likely N-dealkylation sites (N-methyl/N-ethyl adjacent to an activating group) is 1. The zero-order valence-electron chi connectivity index (χ0n) is 11.7. The number of benzene rings is 1. The molecule has 0 aliphatic carbocycles. The first-order valence-electron chi connectivity index (χ1n) is 6.21. The van der Waals surface area contributed by atoms with Crippen molar-refractivity contribution in [3.8, 4) is 0 Å². The van der Waals surface area contributed by atoms with Crippen LogP contribution in [0.4, 0.5) is 5.69 Å². The predicted molar refractivity (Wildman–Crippen MR) is 76.0 cm³/mol. The highest BCUT2D eigenvalue weighted by Crippen LogP contribution is 2.13. The summed E-state index contributed by atoms with van der Waals surface area (Å²) in [6, 6.07) is 6.04. The molecule has 0 aromatic heterocycles. The molecule has 0 fully saturated rings. The lowest BCUT2D eigenvalue weighted by Crippen LogP contribution is -2.33. The summed E-state index contributed by atoms with van der Waals surface area (Å²) in [5.41, 5.74) is 3.18. The Morgan fingerprint density at radius 2 is 1.78 bits per heavy atom. The van der Waals surface area contributed by atoms with Gasteiger partial charge in [-0.3, -0.25) is 4.79 Å². The zero-order valence-corrected chi connectivity index (χ0v) is 11.7. The Kier molecular flexibility index (Phi) is 5.82. The SMILES string of the molecule is Cc1cc(C)cc(NC(=O)CNCCN(C)C)c1. The number of hydrogen-bond acceptors (Lipinski definition) is 3. The van der Waals surface area contributed by atoms with Crippen molar-refractivity contribution in [2.75, 3.05) is 39.0 Å². The summed E-state index contributed by atoms with van der Waals surface area (Å²) in [5.74, 6) is -0.00115. The Morgan fingerprint density at radius 1 is 1.17 bits per heavy atom. The molecule has 2 N–H and O–H groups in total. The molecule has 1 rings (SSSR count).